The summed E-state index contributed by atoms with van der Waals surface area (Å²) < 4.78 is 5.08. The van der Waals surface area contributed by atoms with E-state index >= 15 is 0 Å². The van der Waals surface area contributed by atoms with E-state index in [2.05, 4.69) is 0 Å². The van der Waals surface area contributed by atoms with Crippen molar-refractivity contribution < 1.29 is 29.5 Å². The van der Waals surface area contributed by atoms with Crippen molar-refractivity contribution in [3.8, 4) is 16.9 Å². The van der Waals surface area contributed by atoms with Crippen LogP contribution in [0.15, 0.2) is 36.4 Å². The van der Waals surface area contributed by atoms with Crippen molar-refractivity contribution >= 4 is 17.6 Å². The molecule has 0 aliphatic heterocycles. The van der Waals surface area contributed by atoms with Crippen molar-refractivity contribution in [3.63, 3.8) is 0 Å². The zero-order chi connectivity index (χ0) is 17.1. The lowest BCUT2D eigenvalue weighted by atomic mass is 9.93. The van der Waals surface area contributed by atoms with Gasteiger partial charge in [0.1, 0.15) is 5.75 Å². The van der Waals surface area contributed by atoms with Crippen molar-refractivity contribution in [2.75, 3.05) is 7.11 Å². The summed E-state index contributed by atoms with van der Waals surface area (Å²) in [5, 5.41) is 29.9. The molecule has 0 amide bonds. The molecule has 0 aromatic heterocycles. The Kier molecular flexibility index (Phi) is 4.26. The lowest BCUT2D eigenvalue weighted by molar-refractivity contribution is -0.384. The molecule has 0 aliphatic carbocycles. The van der Waals surface area contributed by atoms with Crippen molar-refractivity contribution in [1.82, 2.24) is 0 Å². The number of carboxylic acids is 2. The second-order valence-electron chi connectivity index (χ2n) is 4.45. The highest BCUT2D eigenvalue weighted by molar-refractivity contribution is 6.06. The first-order valence-corrected chi connectivity index (χ1v) is 6.29. The normalized spacial score (nSPS) is 10.1. The molecular weight excluding hydrogens is 306 g/mol. The first-order valence-electron chi connectivity index (χ1n) is 6.29. The van der Waals surface area contributed by atoms with E-state index in [1.54, 1.807) is 0 Å². The van der Waals surface area contributed by atoms with Gasteiger partial charge in [-0.3, -0.25) is 10.1 Å². The smallest absolute Gasteiger partial charge is 0.336 e. The first kappa shape index (κ1) is 16.0. The van der Waals surface area contributed by atoms with Crippen LogP contribution >= 0.6 is 0 Å². The third-order valence-corrected chi connectivity index (χ3v) is 3.20. The third kappa shape index (κ3) is 2.82. The average Bonchev–Trinajstić information content (AvgIpc) is 2.52. The summed E-state index contributed by atoms with van der Waals surface area (Å²) in [7, 11) is 1.26. The maximum atomic E-state index is 11.5. The molecule has 2 aromatic carbocycles. The number of benzene rings is 2. The summed E-state index contributed by atoms with van der Waals surface area (Å²) >= 11 is 0. The highest BCUT2D eigenvalue weighted by Gasteiger charge is 2.28. The largest absolute Gasteiger partial charge is 0.496 e. The molecule has 8 nitrogen and oxygen atoms in total. The highest BCUT2D eigenvalue weighted by Crippen LogP contribution is 2.41. The number of methoxy groups -OCH3 is 1. The molecule has 8 heteroatoms. The van der Waals surface area contributed by atoms with Gasteiger partial charge in [-0.25, -0.2) is 9.59 Å². The summed E-state index contributed by atoms with van der Waals surface area (Å²) in [6, 6.07) is 7.54. The van der Waals surface area contributed by atoms with Crippen LogP contribution in [0, 0.1) is 10.1 Å². The van der Waals surface area contributed by atoms with Gasteiger partial charge in [0.2, 0.25) is 0 Å². The number of rotatable bonds is 5. The number of carboxylic acid groups (broad SMARTS) is 2. The Balaban J connectivity index is 2.99. The minimum atomic E-state index is -1.41. The zero-order valence-electron chi connectivity index (χ0n) is 11.8. The Labute approximate surface area is 129 Å². The monoisotopic (exact) mass is 317 g/mol. The van der Waals surface area contributed by atoms with E-state index in [0.29, 0.717) is 0 Å². The molecule has 0 saturated carbocycles. The van der Waals surface area contributed by atoms with Gasteiger partial charge in [-0.05, 0) is 18.2 Å². The molecule has 2 N–H and O–H groups in total. The lowest BCUT2D eigenvalue weighted by Gasteiger charge is -2.14. The molecule has 0 atom stereocenters. The van der Waals surface area contributed by atoms with E-state index in [1.807, 2.05) is 0 Å². The van der Waals surface area contributed by atoms with Crippen LogP contribution in [-0.2, 0) is 0 Å². The number of hydrogen-bond acceptors (Lipinski definition) is 5. The average molecular weight is 317 g/mol. The predicted molar refractivity (Wildman–Crippen MR) is 79.0 cm³/mol. The van der Waals surface area contributed by atoms with Gasteiger partial charge in [0.05, 0.1) is 28.7 Å². The van der Waals surface area contributed by atoms with Gasteiger partial charge >= 0.3 is 11.9 Å². The van der Waals surface area contributed by atoms with E-state index < -0.39 is 22.5 Å². The quantitative estimate of drug-likeness (QED) is 0.641. The van der Waals surface area contributed by atoms with Crippen LogP contribution in [0.5, 0.6) is 5.75 Å². The Hall–Kier alpha value is -3.42. The maximum absolute atomic E-state index is 11.5. The van der Waals surface area contributed by atoms with Gasteiger partial charge in [-0.2, -0.15) is 0 Å². The highest BCUT2D eigenvalue weighted by atomic mass is 16.6. The van der Waals surface area contributed by atoms with Gasteiger partial charge in [0, 0.05) is 11.6 Å². The molecule has 2 aromatic rings. The Bertz CT molecular complexity index is 781. The van der Waals surface area contributed by atoms with Gasteiger partial charge in [-0.1, -0.05) is 12.1 Å². The Morgan fingerprint density at radius 1 is 1.00 bits per heavy atom. The summed E-state index contributed by atoms with van der Waals surface area (Å²) in [6.45, 7) is 0. The van der Waals surface area contributed by atoms with E-state index in [0.717, 1.165) is 6.07 Å². The van der Waals surface area contributed by atoms with E-state index in [1.165, 1.54) is 37.4 Å². The molecule has 2 rings (SSSR count). The van der Waals surface area contributed by atoms with E-state index in [4.69, 9.17) is 4.74 Å². The molecule has 0 heterocycles. The van der Waals surface area contributed by atoms with E-state index in [9.17, 15) is 29.9 Å². The van der Waals surface area contributed by atoms with Crippen molar-refractivity contribution in [1.29, 1.82) is 0 Å². The summed E-state index contributed by atoms with van der Waals surface area (Å²) in [6.07, 6.45) is 0. The summed E-state index contributed by atoms with van der Waals surface area (Å²) in [5.41, 5.74) is -1.64. The molecule has 23 heavy (non-hydrogen) atoms. The fourth-order valence-electron chi connectivity index (χ4n) is 2.27. The van der Waals surface area contributed by atoms with Crippen molar-refractivity contribution in [2.24, 2.45) is 0 Å². The lowest BCUT2D eigenvalue weighted by Crippen LogP contribution is -2.08. The second-order valence-corrected chi connectivity index (χ2v) is 4.45. The van der Waals surface area contributed by atoms with Gasteiger partial charge in [0.25, 0.3) is 5.69 Å². The zero-order valence-corrected chi connectivity index (χ0v) is 11.8. The standard InChI is InChI=1S/C15H11NO7/c1-23-11-7-3-5-9(15(19)20)13(11)12-8(14(17)18)4-2-6-10(12)16(21)22/h2-7H,1H3,(H,17,18)(H,19,20). The molecule has 0 fully saturated rings. The Morgan fingerprint density at radius 3 is 2.00 bits per heavy atom. The number of ether oxygens (including phenoxy) is 1. The molecule has 0 bridgehead atoms. The minimum Gasteiger partial charge on any atom is -0.496 e. The first-order chi connectivity index (χ1) is 10.9. The molecular formula is C15H11NO7. The number of carbonyl (C=O) groups is 2. The fraction of sp³-hybridized carbons (Fsp3) is 0.0667. The third-order valence-electron chi connectivity index (χ3n) is 3.20. The number of nitro benzene ring substituents is 1. The number of nitro groups is 1. The van der Waals surface area contributed by atoms with Gasteiger partial charge < -0.3 is 14.9 Å². The Morgan fingerprint density at radius 2 is 1.52 bits per heavy atom. The molecule has 0 spiro atoms. The van der Waals surface area contributed by atoms with Crippen molar-refractivity contribution in [2.45, 2.75) is 0 Å². The SMILES string of the molecule is COc1cccc(C(=O)O)c1-c1c(C(=O)O)cccc1[N+](=O)[O-]. The van der Waals surface area contributed by atoms with Gasteiger partial charge in [-0.15, -0.1) is 0 Å². The number of nitrogens with zero attached hydrogens (tertiary/aromatic N) is 1. The van der Waals surface area contributed by atoms with Crippen molar-refractivity contribution in [3.05, 3.63) is 57.6 Å². The summed E-state index contributed by atoms with van der Waals surface area (Å²) in [5.74, 6) is -2.74. The van der Waals surface area contributed by atoms with Crippen LogP contribution in [-0.4, -0.2) is 34.2 Å². The van der Waals surface area contributed by atoms with Crippen LogP contribution < -0.4 is 4.74 Å². The molecule has 0 radical (unpaired) electrons. The maximum Gasteiger partial charge on any atom is 0.336 e. The van der Waals surface area contributed by atoms with Crippen LogP contribution in [0.2, 0.25) is 0 Å². The molecule has 0 saturated heterocycles. The van der Waals surface area contributed by atoms with Crippen LogP contribution in [0.4, 0.5) is 5.69 Å². The molecule has 0 unspecified atom stereocenters. The number of hydrogen-bond donors (Lipinski definition) is 2. The van der Waals surface area contributed by atoms with Crippen LogP contribution in [0.3, 0.4) is 0 Å². The van der Waals surface area contributed by atoms with E-state index in [-0.39, 0.29) is 28.0 Å². The number of aromatic carboxylic acids is 2. The summed E-state index contributed by atoms with van der Waals surface area (Å²) in [4.78, 5) is 33.4. The van der Waals surface area contributed by atoms with Crippen LogP contribution in [0.1, 0.15) is 20.7 Å². The van der Waals surface area contributed by atoms with Crippen LogP contribution in [0.25, 0.3) is 11.1 Å². The fourth-order valence-corrected chi connectivity index (χ4v) is 2.27. The molecule has 0 aliphatic rings. The minimum absolute atomic E-state index is 0.0294. The second kappa shape index (κ2) is 6.14. The molecule has 118 valence electrons. The van der Waals surface area contributed by atoms with Gasteiger partial charge in [0.15, 0.2) is 0 Å². The topological polar surface area (TPSA) is 127 Å². The predicted octanol–water partition coefficient (Wildman–Crippen LogP) is 2.67.